The summed E-state index contributed by atoms with van der Waals surface area (Å²) in [5, 5.41) is 4.03. The van der Waals surface area contributed by atoms with E-state index in [1.54, 1.807) is 0 Å². The van der Waals surface area contributed by atoms with E-state index in [4.69, 9.17) is 0 Å². The summed E-state index contributed by atoms with van der Waals surface area (Å²) in [6.07, 6.45) is -0.0893. The Morgan fingerprint density at radius 1 is 0.923 bits per heavy atom. The summed E-state index contributed by atoms with van der Waals surface area (Å²) in [5.41, 5.74) is 0. The summed E-state index contributed by atoms with van der Waals surface area (Å²) >= 11 is 0. The molecule has 2 aliphatic heterocycles. The van der Waals surface area contributed by atoms with E-state index >= 15 is 0 Å². The first-order valence-corrected chi connectivity index (χ1v) is 3.78. The second-order valence-corrected chi connectivity index (χ2v) is 3.05. The van der Waals surface area contributed by atoms with Crippen molar-refractivity contribution in [1.29, 1.82) is 0 Å². The molecule has 13 heavy (non-hydrogen) atoms. The van der Waals surface area contributed by atoms with Crippen molar-refractivity contribution in [3.05, 3.63) is 0 Å². The van der Waals surface area contributed by atoms with Crippen LogP contribution in [0.3, 0.4) is 0 Å². The second kappa shape index (κ2) is 2.38. The van der Waals surface area contributed by atoms with Crippen molar-refractivity contribution in [3.63, 3.8) is 0 Å². The molecule has 0 aromatic heterocycles. The highest BCUT2D eigenvalue weighted by atomic mass is 16.2. The van der Waals surface area contributed by atoms with Crippen LogP contribution in [0.2, 0.25) is 0 Å². The van der Waals surface area contributed by atoms with Gasteiger partial charge in [-0.15, -0.1) is 0 Å². The third kappa shape index (κ3) is 1.02. The van der Waals surface area contributed by atoms with Crippen molar-refractivity contribution in [2.75, 3.05) is 0 Å². The maximum atomic E-state index is 11.1. The van der Waals surface area contributed by atoms with E-state index in [0.717, 1.165) is 0 Å². The van der Waals surface area contributed by atoms with Gasteiger partial charge in [-0.2, -0.15) is 0 Å². The predicted molar refractivity (Wildman–Crippen MR) is 37.9 cm³/mol. The topological polar surface area (TPSA) is 92.3 Å². The number of rotatable bonds is 0. The fraction of sp³-hybridized carbons (Fsp3) is 0.429. The molecule has 0 unspecified atom stereocenters. The molecule has 2 heterocycles. The van der Waals surface area contributed by atoms with E-state index in [1.165, 1.54) is 0 Å². The molecular formula is C7H6N2O4. The normalized spacial score (nSPS) is 32.6. The Morgan fingerprint density at radius 2 is 1.54 bits per heavy atom. The van der Waals surface area contributed by atoms with E-state index in [9.17, 15) is 19.2 Å². The number of carbonyl (C=O) groups is 4. The van der Waals surface area contributed by atoms with Gasteiger partial charge >= 0.3 is 0 Å². The highest BCUT2D eigenvalue weighted by Gasteiger charge is 2.50. The lowest BCUT2D eigenvalue weighted by molar-refractivity contribution is -0.143. The lowest BCUT2D eigenvalue weighted by Gasteiger charge is -2.19. The van der Waals surface area contributed by atoms with Gasteiger partial charge in [0.1, 0.15) is 5.92 Å². The Labute approximate surface area is 72.7 Å². The van der Waals surface area contributed by atoms with Crippen molar-refractivity contribution < 1.29 is 19.2 Å². The smallest absolute Gasteiger partial charge is 0.239 e. The first-order valence-electron chi connectivity index (χ1n) is 3.78. The number of imide groups is 2. The average molecular weight is 182 g/mol. The second-order valence-electron chi connectivity index (χ2n) is 3.05. The van der Waals surface area contributed by atoms with Crippen molar-refractivity contribution in [3.8, 4) is 0 Å². The SMILES string of the molecule is O=C1C[C@@H]2C(=O)NC(=O)[C@@H]2C(=O)N1. The zero-order chi connectivity index (χ0) is 9.59. The van der Waals surface area contributed by atoms with Crippen LogP contribution in [-0.4, -0.2) is 23.6 Å². The van der Waals surface area contributed by atoms with Crippen LogP contribution in [0, 0.1) is 11.8 Å². The molecule has 0 saturated carbocycles. The minimum atomic E-state index is -1.01. The van der Waals surface area contributed by atoms with Gasteiger partial charge in [-0.3, -0.25) is 29.8 Å². The van der Waals surface area contributed by atoms with Gasteiger partial charge in [0.05, 0.1) is 5.92 Å². The number of amides is 4. The fourth-order valence-corrected chi connectivity index (χ4v) is 1.60. The van der Waals surface area contributed by atoms with E-state index < -0.39 is 35.5 Å². The quantitative estimate of drug-likeness (QED) is 0.332. The van der Waals surface area contributed by atoms with Crippen LogP contribution >= 0.6 is 0 Å². The molecule has 2 aliphatic rings. The molecule has 0 aromatic carbocycles. The summed E-state index contributed by atoms with van der Waals surface area (Å²) in [6, 6.07) is 0. The molecule has 0 aromatic rings. The third-order valence-electron chi connectivity index (χ3n) is 2.22. The van der Waals surface area contributed by atoms with Crippen LogP contribution in [0.25, 0.3) is 0 Å². The van der Waals surface area contributed by atoms with Gasteiger partial charge < -0.3 is 0 Å². The molecule has 2 rings (SSSR count). The van der Waals surface area contributed by atoms with Gasteiger partial charge in [0.25, 0.3) is 0 Å². The predicted octanol–water partition coefficient (Wildman–Crippen LogP) is -2.08. The zero-order valence-electron chi connectivity index (χ0n) is 6.49. The van der Waals surface area contributed by atoms with Gasteiger partial charge in [-0.1, -0.05) is 0 Å². The maximum absolute atomic E-state index is 11.1. The first-order chi connectivity index (χ1) is 6.09. The number of hydrogen-bond acceptors (Lipinski definition) is 4. The lowest BCUT2D eigenvalue weighted by Crippen LogP contribution is -2.47. The molecule has 2 atom stereocenters. The Hall–Kier alpha value is -1.72. The van der Waals surface area contributed by atoms with Crippen LogP contribution in [0.5, 0.6) is 0 Å². The van der Waals surface area contributed by atoms with Crippen molar-refractivity contribution in [2.24, 2.45) is 11.8 Å². The lowest BCUT2D eigenvalue weighted by atomic mass is 9.88. The van der Waals surface area contributed by atoms with Crippen molar-refractivity contribution in [1.82, 2.24) is 10.6 Å². The number of hydrogen-bond donors (Lipinski definition) is 2. The summed E-state index contributed by atoms with van der Waals surface area (Å²) < 4.78 is 0. The molecule has 4 amide bonds. The minimum Gasteiger partial charge on any atom is -0.296 e. The molecule has 0 bridgehead atoms. The molecule has 2 fully saturated rings. The maximum Gasteiger partial charge on any atom is 0.239 e. The van der Waals surface area contributed by atoms with Crippen LogP contribution in [0.4, 0.5) is 0 Å². The standard InChI is InChI=1S/C7H6N2O4/c10-3-1-2-4(6(12)8-3)7(13)9-5(2)11/h2,4H,1H2,(H,8,10,12)(H,9,11,13)/t2-,4-/m0/s1. The summed E-state index contributed by atoms with van der Waals surface area (Å²) in [7, 11) is 0. The number of fused-ring (bicyclic) bond motifs is 1. The van der Waals surface area contributed by atoms with Gasteiger partial charge in [0, 0.05) is 6.42 Å². The third-order valence-corrected chi connectivity index (χ3v) is 2.22. The highest BCUT2D eigenvalue weighted by molar-refractivity contribution is 6.20. The summed E-state index contributed by atoms with van der Waals surface area (Å²) in [5.74, 6) is -4.13. The summed E-state index contributed by atoms with van der Waals surface area (Å²) in [6.45, 7) is 0. The Balaban J connectivity index is 2.34. The number of piperidine rings is 1. The van der Waals surface area contributed by atoms with E-state index in [0.29, 0.717) is 0 Å². The number of carbonyl (C=O) groups excluding carboxylic acids is 4. The van der Waals surface area contributed by atoms with E-state index in [1.807, 2.05) is 10.6 Å². The van der Waals surface area contributed by atoms with Gasteiger partial charge in [-0.25, -0.2) is 0 Å². The van der Waals surface area contributed by atoms with Crippen LogP contribution in [0.1, 0.15) is 6.42 Å². The van der Waals surface area contributed by atoms with Crippen molar-refractivity contribution in [2.45, 2.75) is 6.42 Å². The number of nitrogens with one attached hydrogen (secondary N) is 2. The Bertz CT molecular complexity index is 335. The van der Waals surface area contributed by atoms with E-state index in [-0.39, 0.29) is 6.42 Å². The molecule has 68 valence electrons. The molecule has 2 saturated heterocycles. The largest absolute Gasteiger partial charge is 0.296 e. The molecule has 6 heteroatoms. The van der Waals surface area contributed by atoms with Crippen molar-refractivity contribution >= 4 is 23.6 Å². The van der Waals surface area contributed by atoms with Gasteiger partial charge in [0.2, 0.25) is 23.6 Å². The molecule has 0 spiro atoms. The highest BCUT2D eigenvalue weighted by Crippen LogP contribution is 2.25. The Kier molecular flexibility index (Phi) is 1.45. The van der Waals surface area contributed by atoms with E-state index in [2.05, 4.69) is 0 Å². The molecule has 6 nitrogen and oxygen atoms in total. The van der Waals surface area contributed by atoms with Crippen LogP contribution in [-0.2, 0) is 19.2 Å². The molecule has 0 radical (unpaired) electrons. The van der Waals surface area contributed by atoms with Gasteiger partial charge in [-0.05, 0) is 0 Å². The van der Waals surface area contributed by atoms with Crippen LogP contribution in [0.15, 0.2) is 0 Å². The molecular weight excluding hydrogens is 176 g/mol. The molecule has 2 N–H and O–H groups in total. The zero-order valence-corrected chi connectivity index (χ0v) is 6.49. The van der Waals surface area contributed by atoms with Crippen LogP contribution < -0.4 is 10.6 Å². The summed E-state index contributed by atoms with van der Waals surface area (Å²) in [4.78, 5) is 44.0. The van der Waals surface area contributed by atoms with Gasteiger partial charge in [0.15, 0.2) is 0 Å². The monoisotopic (exact) mass is 182 g/mol. The molecule has 0 aliphatic carbocycles. The Morgan fingerprint density at radius 3 is 2.23 bits per heavy atom. The average Bonchev–Trinajstić information content (AvgIpc) is 2.27. The fourth-order valence-electron chi connectivity index (χ4n) is 1.60. The first kappa shape index (κ1) is 7.90. The minimum absolute atomic E-state index is 0.0893.